The molecule has 0 N–H and O–H groups in total. The smallest absolute Gasteiger partial charge is 0.338 e. The van der Waals surface area contributed by atoms with Crippen molar-refractivity contribution < 1.29 is 28.5 Å². The highest BCUT2D eigenvalue weighted by molar-refractivity contribution is 7.07. The lowest BCUT2D eigenvalue weighted by Gasteiger charge is -2.25. The number of halogens is 1. The number of benzene rings is 2. The number of hydrogen-bond donors (Lipinski definition) is 0. The molecule has 1 aliphatic rings. The molecule has 9 nitrogen and oxygen atoms in total. The van der Waals surface area contributed by atoms with Gasteiger partial charge in [0.2, 0.25) is 0 Å². The summed E-state index contributed by atoms with van der Waals surface area (Å²) in [6.07, 6.45) is 7.02. The van der Waals surface area contributed by atoms with E-state index in [0.717, 1.165) is 0 Å². The number of methoxy groups -OCH3 is 2. The van der Waals surface area contributed by atoms with E-state index in [-0.39, 0.29) is 29.4 Å². The second-order valence-electron chi connectivity index (χ2n) is 8.67. The maximum absolute atomic E-state index is 14.0. The molecule has 41 heavy (non-hydrogen) atoms. The largest absolute Gasteiger partial charge is 0.493 e. The van der Waals surface area contributed by atoms with Crippen molar-refractivity contribution in [3.8, 4) is 35.3 Å². The molecule has 0 saturated carbocycles. The summed E-state index contributed by atoms with van der Waals surface area (Å²) < 4.78 is 29.4. The van der Waals surface area contributed by atoms with Crippen LogP contribution in [-0.2, 0) is 9.53 Å². The van der Waals surface area contributed by atoms with Gasteiger partial charge in [-0.15, -0.1) is 6.42 Å². The standard InChI is InChI=1S/C30H29ClN2O7S/c1-7-12-40-27-20(31)13-18(14-23(27)38-8-2)15-24-28(34)33-26(19-10-11-21(36-5)22(16-19)37-6)25(29(35)39-9-3)17(4)32-30(33)41-24/h1,10-11,13-16,26H,8-9,12H2,2-6H3/t26-/m1/s1. The summed E-state index contributed by atoms with van der Waals surface area (Å²) in [6, 6.07) is 7.82. The van der Waals surface area contributed by atoms with Crippen LogP contribution >= 0.6 is 22.9 Å². The van der Waals surface area contributed by atoms with E-state index >= 15 is 0 Å². The molecule has 2 aromatic carbocycles. The summed E-state index contributed by atoms with van der Waals surface area (Å²) in [6.45, 7) is 5.84. The van der Waals surface area contributed by atoms with E-state index in [0.29, 0.717) is 55.8 Å². The van der Waals surface area contributed by atoms with Crippen molar-refractivity contribution in [2.75, 3.05) is 34.0 Å². The monoisotopic (exact) mass is 596 g/mol. The van der Waals surface area contributed by atoms with Gasteiger partial charge in [-0.25, -0.2) is 9.79 Å². The highest BCUT2D eigenvalue weighted by atomic mass is 35.5. The van der Waals surface area contributed by atoms with Gasteiger partial charge < -0.3 is 23.7 Å². The number of aromatic nitrogens is 1. The summed E-state index contributed by atoms with van der Waals surface area (Å²) >= 11 is 7.69. The number of terminal acetylenes is 1. The third-order valence-corrected chi connectivity index (χ3v) is 7.43. The summed E-state index contributed by atoms with van der Waals surface area (Å²) in [5.41, 5.74) is 1.61. The molecule has 0 bridgehead atoms. The number of rotatable bonds is 10. The van der Waals surface area contributed by atoms with Crippen LogP contribution in [0.4, 0.5) is 0 Å². The molecule has 1 atom stereocenters. The van der Waals surface area contributed by atoms with E-state index in [9.17, 15) is 9.59 Å². The molecular formula is C30H29ClN2O7S. The van der Waals surface area contributed by atoms with Crippen LogP contribution < -0.4 is 33.8 Å². The molecule has 0 aliphatic carbocycles. The first-order valence-corrected chi connectivity index (χ1v) is 13.9. The second kappa shape index (κ2) is 13.0. The molecular weight excluding hydrogens is 568 g/mol. The normalized spacial score (nSPS) is 14.6. The molecule has 0 unspecified atom stereocenters. The minimum Gasteiger partial charge on any atom is -0.493 e. The molecule has 0 fully saturated rings. The lowest BCUT2D eigenvalue weighted by molar-refractivity contribution is -0.139. The van der Waals surface area contributed by atoms with Gasteiger partial charge in [-0.3, -0.25) is 9.36 Å². The van der Waals surface area contributed by atoms with Gasteiger partial charge in [0.1, 0.15) is 6.61 Å². The average Bonchev–Trinajstić information content (AvgIpc) is 3.25. The van der Waals surface area contributed by atoms with E-state index in [4.69, 9.17) is 41.7 Å². The van der Waals surface area contributed by atoms with Gasteiger partial charge in [-0.1, -0.05) is 34.9 Å². The van der Waals surface area contributed by atoms with E-state index in [1.807, 2.05) is 6.92 Å². The van der Waals surface area contributed by atoms with Gasteiger partial charge in [0.25, 0.3) is 5.56 Å². The van der Waals surface area contributed by atoms with Crippen molar-refractivity contribution >= 4 is 35.0 Å². The second-order valence-corrected chi connectivity index (χ2v) is 10.1. The number of nitrogens with zero attached hydrogens (tertiary/aromatic N) is 2. The highest BCUT2D eigenvalue weighted by Gasteiger charge is 2.34. The molecule has 2 heterocycles. The first-order valence-electron chi connectivity index (χ1n) is 12.7. The Hall–Kier alpha value is -4.20. The molecule has 0 amide bonds. The Balaban J connectivity index is 1.93. The fourth-order valence-electron chi connectivity index (χ4n) is 4.47. The maximum atomic E-state index is 14.0. The van der Waals surface area contributed by atoms with Crippen molar-refractivity contribution in [3.05, 3.63) is 77.4 Å². The Labute approximate surface area is 246 Å². The lowest BCUT2D eigenvalue weighted by Crippen LogP contribution is -2.40. The van der Waals surface area contributed by atoms with Gasteiger partial charge in [0.15, 0.2) is 27.8 Å². The van der Waals surface area contributed by atoms with Crippen molar-refractivity contribution in [1.29, 1.82) is 0 Å². The van der Waals surface area contributed by atoms with Crippen LogP contribution in [0, 0.1) is 12.3 Å². The quantitative estimate of drug-likeness (QED) is 0.259. The first kappa shape index (κ1) is 29.8. The molecule has 11 heteroatoms. The number of thiazole rings is 1. The van der Waals surface area contributed by atoms with Gasteiger partial charge in [-0.05, 0) is 62.2 Å². The molecule has 4 rings (SSSR count). The van der Waals surface area contributed by atoms with Crippen LogP contribution in [0.5, 0.6) is 23.0 Å². The summed E-state index contributed by atoms with van der Waals surface area (Å²) in [5.74, 6) is 3.55. The summed E-state index contributed by atoms with van der Waals surface area (Å²) in [7, 11) is 3.05. The zero-order valence-corrected chi connectivity index (χ0v) is 24.9. The molecule has 3 aromatic rings. The zero-order chi connectivity index (χ0) is 29.7. The number of esters is 1. The van der Waals surface area contributed by atoms with E-state index in [2.05, 4.69) is 10.9 Å². The van der Waals surface area contributed by atoms with E-state index in [1.54, 1.807) is 50.3 Å². The third kappa shape index (κ3) is 5.97. The fraction of sp³-hybridized carbons (Fsp3) is 0.300. The Bertz CT molecular complexity index is 1730. The Kier molecular flexibility index (Phi) is 9.42. The molecule has 0 spiro atoms. The number of carbonyl (C=O) groups is 1. The molecule has 0 saturated heterocycles. The van der Waals surface area contributed by atoms with Crippen molar-refractivity contribution in [2.24, 2.45) is 4.99 Å². The molecule has 0 radical (unpaired) electrons. The predicted octanol–water partition coefficient (Wildman–Crippen LogP) is 3.88. The van der Waals surface area contributed by atoms with Crippen LogP contribution in [0.15, 0.2) is 51.4 Å². The Morgan fingerprint density at radius 3 is 2.54 bits per heavy atom. The van der Waals surface area contributed by atoms with Gasteiger partial charge in [0, 0.05) is 0 Å². The number of allylic oxidation sites excluding steroid dienone is 1. The minimum atomic E-state index is -0.811. The molecule has 1 aliphatic heterocycles. The van der Waals surface area contributed by atoms with Crippen molar-refractivity contribution in [3.63, 3.8) is 0 Å². The Morgan fingerprint density at radius 1 is 1.12 bits per heavy atom. The predicted molar refractivity (Wildman–Crippen MR) is 157 cm³/mol. The minimum absolute atomic E-state index is 0.0238. The van der Waals surface area contributed by atoms with Crippen LogP contribution in [0.1, 0.15) is 37.9 Å². The van der Waals surface area contributed by atoms with Crippen LogP contribution in [0.25, 0.3) is 6.08 Å². The van der Waals surface area contributed by atoms with Gasteiger partial charge in [-0.2, -0.15) is 0 Å². The SMILES string of the molecule is C#CCOc1c(Cl)cc(C=c2sc3n(c2=O)[C@H](c2ccc(OC)c(OC)c2)C(C(=O)OCC)=C(C)N=3)cc1OCC. The lowest BCUT2D eigenvalue weighted by atomic mass is 9.95. The fourth-order valence-corrected chi connectivity index (χ4v) is 5.79. The third-order valence-electron chi connectivity index (χ3n) is 6.17. The number of ether oxygens (including phenoxy) is 5. The van der Waals surface area contributed by atoms with E-state index < -0.39 is 12.0 Å². The number of carbonyl (C=O) groups excluding carboxylic acids is 1. The Morgan fingerprint density at radius 2 is 1.88 bits per heavy atom. The number of hydrogen-bond acceptors (Lipinski definition) is 9. The number of fused-ring (bicyclic) bond motifs is 1. The topological polar surface area (TPSA) is 97.6 Å². The van der Waals surface area contributed by atoms with Crippen LogP contribution in [0.3, 0.4) is 0 Å². The maximum Gasteiger partial charge on any atom is 0.338 e. The zero-order valence-electron chi connectivity index (χ0n) is 23.3. The highest BCUT2D eigenvalue weighted by Crippen LogP contribution is 2.38. The summed E-state index contributed by atoms with van der Waals surface area (Å²) in [5, 5.41) is 0.286. The average molecular weight is 597 g/mol. The van der Waals surface area contributed by atoms with Crippen LogP contribution in [-0.4, -0.2) is 44.6 Å². The van der Waals surface area contributed by atoms with Gasteiger partial charge >= 0.3 is 5.97 Å². The van der Waals surface area contributed by atoms with Gasteiger partial charge in [0.05, 0.1) is 54.3 Å². The van der Waals surface area contributed by atoms with Crippen LogP contribution in [0.2, 0.25) is 5.02 Å². The molecule has 1 aromatic heterocycles. The summed E-state index contributed by atoms with van der Waals surface area (Å²) in [4.78, 5) is 32.2. The molecule has 214 valence electrons. The first-order chi connectivity index (χ1) is 19.8. The van der Waals surface area contributed by atoms with Crippen molar-refractivity contribution in [2.45, 2.75) is 26.8 Å². The van der Waals surface area contributed by atoms with Crippen molar-refractivity contribution in [1.82, 2.24) is 4.57 Å². The van der Waals surface area contributed by atoms with E-state index in [1.165, 1.54) is 30.1 Å².